The Morgan fingerprint density at radius 2 is 1.81 bits per heavy atom. The van der Waals surface area contributed by atoms with Crippen LogP contribution in [0.3, 0.4) is 0 Å². The molecule has 0 spiro atoms. The fraction of sp³-hybridized carbons (Fsp3) is 0.105. The Kier molecular flexibility index (Phi) is 3.90. The summed E-state index contributed by atoms with van der Waals surface area (Å²) in [6, 6.07) is 13.7. The van der Waals surface area contributed by atoms with Gasteiger partial charge in [0.2, 0.25) is 5.78 Å². The molecule has 7 heteroatoms. The largest absolute Gasteiger partial charge is 0.394 e. The van der Waals surface area contributed by atoms with E-state index in [1.807, 2.05) is 24.3 Å². The zero-order chi connectivity index (χ0) is 18.3. The maximum Gasteiger partial charge on any atom is 0.265 e. The third kappa shape index (κ3) is 2.44. The molecular weight excluding hydrogens is 352 g/mol. The molecule has 0 fully saturated rings. The van der Waals surface area contributed by atoms with E-state index in [9.17, 15) is 18.3 Å². The van der Waals surface area contributed by atoms with E-state index in [0.717, 1.165) is 15.2 Å². The molecule has 2 N–H and O–H groups in total. The number of aliphatic hydroxyl groups excluding tert-OH is 1. The van der Waals surface area contributed by atoms with Gasteiger partial charge in [0.1, 0.15) is 5.70 Å². The molecule has 132 valence electrons. The number of aliphatic hydroxyl groups is 1. The minimum atomic E-state index is -3.91. The molecule has 0 unspecified atom stereocenters. The summed E-state index contributed by atoms with van der Waals surface area (Å²) < 4.78 is 26.9. The number of rotatable bonds is 3. The smallest absolute Gasteiger partial charge is 0.265 e. The van der Waals surface area contributed by atoms with Crippen LogP contribution < -0.4 is 0 Å². The van der Waals surface area contributed by atoms with Crippen LogP contribution in [0.2, 0.25) is 0 Å². The average Bonchev–Trinajstić information content (AvgIpc) is 3.06. The third-order valence-corrected chi connectivity index (χ3v) is 6.29. The minimum absolute atomic E-state index is 0.0301. The van der Waals surface area contributed by atoms with Crippen molar-refractivity contribution in [1.29, 1.82) is 0 Å². The second-order valence-electron chi connectivity index (χ2n) is 5.95. The highest BCUT2D eigenvalue weighted by atomic mass is 32.2. The van der Waals surface area contributed by atoms with Gasteiger partial charge in [-0.15, -0.1) is 0 Å². The zero-order valence-corrected chi connectivity index (χ0v) is 14.5. The first-order chi connectivity index (χ1) is 12.5. The normalized spacial score (nSPS) is 17.7. The first-order valence-electron chi connectivity index (χ1n) is 8.09. The number of hydrogen-bond donors (Lipinski definition) is 2. The Morgan fingerprint density at radius 1 is 1.08 bits per heavy atom. The van der Waals surface area contributed by atoms with Crippen LogP contribution in [0, 0.1) is 0 Å². The SMILES string of the molecule is O=C1C(=Cc2c[nH]c3ccccc23)N(CCO)S(=O)(=O)c2ccccc21. The molecule has 0 amide bonds. The van der Waals surface area contributed by atoms with Gasteiger partial charge in [0.05, 0.1) is 18.0 Å². The van der Waals surface area contributed by atoms with E-state index in [2.05, 4.69) is 4.98 Å². The first kappa shape index (κ1) is 16.6. The number of para-hydroxylation sites is 1. The summed E-state index contributed by atoms with van der Waals surface area (Å²) in [6.07, 6.45) is 3.29. The maximum absolute atomic E-state index is 13.0. The van der Waals surface area contributed by atoms with Crippen LogP contribution in [0.4, 0.5) is 0 Å². The second kappa shape index (κ2) is 6.12. The molecular formula is C19H16N2O4S. The van der Waals surface area contributed by atoms with E-state index in [0.29, 0.717) is 5.56 Å². The van der Waals surface area contributed by atoms with Gasteiger partial charge in [-0.05, 0) is 24.3 Å². The number of nitrogens with one attached hydrogen (secondary N) is 1. The number of H-pyrrole nitrogens is 1. The van der Waals surface area contributed by atoms with Crippen LogP contribution in [-0.4, -0.2) is 41.7 Å². The Morgan fingerprint density at radius 3 is 2.62 bits per heavy atom. The molecule has 2 aromatic carbocycles. The van der Waals surface area contributed by atoms with Crippen LogP contribution in [0.25, 0.3) is 17.0 Å². The number of hydrogen-bond acceptors (Lipinski definition) is 4. The van der Waals surface area contributed by atoms with E-state index >= 15 is 0 Å². The van der Waals surface area contributed by atoms with E-state index in [1.165, 1.54) is 12.1 Å². The van der Waals surface area contributed by atoms with Crippen LogP contribution in [0.15, 0.2) is 65.3 Å². The Labute approximate surface area is 150 Å². The molecule has 1 aromatic heterocycles. The number of ketones is 1. The van der Waals surface area contributed by atoms with Gasteiger partial charge in [-0.2, -0.15) is 0 Å². The topological polar surface area (TPSA) is 90.5 Å². The number of carbonyl (C=O) groups excluding carboxylic acids is 1. The van der Waals surface area contributed by atoms with Gasteiger partial charge in [0.25, 0.3) is 10.0 Å². The van der Waals surface area contributed by atoms with Crippen LogP contribution >= 0.6 is 0 Å². The standard InChI is InChI=1S/C19H16N2O4S/c22-10-9-21-17(11-13-12-20-16-7-3-1-5-14(13)16)19(23)15-6-2-4-8-18(15)26(21,24)25/h1-8,11-12,20,22H,9-10H2. The number of sulfonamides is 1. The Balaban J connectivity index is 1.95. The lowest BCUT2D eigenvalue weighted by Gasteiger charge is -2.30. The zero-order valence-electron chi connectivity index (χ0n) is 13.7. The van der Waals surface area contributed by atoms with Crippen molar-refractivity contribution in [1.82, 2.24) is 9.29 Å². The maximum atomic E-state index is 13.0. The van der Waals surface area contributed by atoms with Crippen LogP contribution in [-0.2, 0) is 10.0 Å². The lowest BCUT2D eigenvalue weighted by molar-refractivity contribution is 0.0998. The molecule has 0 bridgehead atoms. The lowest BCUT2D eigenvalue weighted by atomic mass is 10.0. The fourth-order valence-electron chi connectivity index (χ4n) is 3.21. The number of fused-ring (bicyclic) bond motifs is 2. The summed E-state index contributed by atoms with van der Waals surface area (Å²) in [5.74, 6) is -0.380. The van der Waals surface area contributed by atoms with Crippen molar-refractivity contribution in [3.05, 3.63) is 71.6 Å². The molecule has 2 heterocycles. The van der Waals surface area contributed by atoms with Gasteiger partial charge in [-0.3, -0.25) is 9.10 Å². The Bertz CT molecular complexity index is 1150. The predicted octanol–water partition coefficient (Wildman–Crippen LogP) is 2.39. The van der Waals surface area contributed by atoms with Crippen molar-refractivity contribution in [3.63, 3.8) is 0 Å². The van der Waals surface area contributed by atoms with Crippen molar-refractivity contribution in [3.8, 4) is 0 Å². The summed E-state index contributed by atoms with van der Waals surface area (Å²) in [5.41, 5.74) is 1.77. The molecule has 1 aliphatic rings. The van der Waals surface area contributed by atoms with E-state index in [-0.39, 0.29) is 35.1 Å². The highest BCUT2D eigenvalue weighted by Crippen LogP contribution is 2.33. The lowest BCUT2D eigenvalue weighted by Crippen LogP contribution is -2.40. The van der Waals surface area contributed by atoms with Crippen molar-refractivity contribution in [2.24, 2.45) is 0 Å². The number of nitrogens with zero attached hydrogens (tertiary/aromatic N) is 1. The predicted molar refractivity (Wildman–Crippen MR) is 98.0 cm³/mol. The highest BCUT2D eigenvalue weighted by Gasteiger charge is 2.38. The number of aromatic amines is 1. The molecule has 3 aromatic rings. The van der Waals surface area contributed by atoms with Gasteiger partial charge in [0, 0.05) is 28.2 Å². The van der Waals surface area contributed by atoms with Gasteiger partial charge in [-0.25, -0.2) is 8.42 Å². The van der Waals surface area contributed by atoms with E-state index < -0.39 is 10.0 Å². The summed E-state index contributed by atoms with van der Waals surface area (Å²) in [7, 11) is -3.91. The average molecular weight is 368 g/mol. The van der Waals surface area contributed by atoms with Gasteiger partial charge in [-0.1, -0.05) is 30.3 Å². The molecule has 0 saturated carbocycles. The number of aromatic nitrogens is 1. The summed E-state index contributed by atoms with van der Waals surface area (Å²) >= 11 is 0. The second-order valence-corrected chi connectivity index (χ2v) is 7.78. The molecule has 0 saturated heterocycles. The first-order valence-corrected chi connectivity index (χ1v) is 9.53. The monoisotopic (exact) mass is 368 g/mol. The minimum Gasteiger partial charge on any atom is -0.394 e. The number of allylic oxidation sites excluding steroid dienone is 1. The molecule has 0 atom stereocenters. The van der Waals surface area contributed by atoms with Crippen molar-refractivity contribution < 1.29 is 18.3 Å². The quantitative estimate of drug-likeness (QED) is 0.695. The number of β-amino-alcohol motifs (C(OH)–C–C–N with tert-alkyl or cyclic N) is 1. The summed E-state index contributed by atoms with van der Waals surface area (Å²) in [4.78, 5) is 16.1. The number of Topliss-reactive ketones (excluding diaryl/α,β-unsaturated/α-hetero) is 1. The van der Waals surface area contributed by atoms with Gasteiger partial charge < -0.3 is 10.1 Å². The molecule has 1 aliphatic heterocycles. The van der Waals surface area contributed by atoms with Crippen molar-refractivity contribution >= 4 is 32.8 Å². The van der Waals surface area contributed by atoms with Crippen LogP contribution in [0.1, 0.15) is 15.9 Å². The van der Waals surface area contributed by atoms with E-state index in [4.69, 9.17) is 0 Å². The molecule has 6 nitrogen and oxygen atoms in total. The molecule has 0 radical (unpaired) electrons. The van der Waals surface area contributed by atoms with E-state index in [1.54, 1.807) is 24.4 Å². The fourth-order valence-corrected chi connectivity index (χ4v) is 4.85. The van der Waals surface area contributed by atoms with Gasteiger partial charge >= 0.3 is 0 Å². The summed E-state index contributed by atoms with van der Waals surface area (Å²) in [6.45, 7) is -0.573. The Hall–Kier alpha value is -2.90. The van der Waals surface area contributed by atoms with Crippen molar-refractivity contribution in [2.45, 2.75) is 4.90 Å². The third-order valence-electron chi connectivity index (χ3n) is 4.42. The van der Waals surface area contributed by atoms with Crippen LogP contribution in [0.5, 0.6) is 0 Å². The highest BCUT2D eigenvalue weighted by molar-refractivity contribution is 7.89. The van der Waals surface area contributed by atoms with Gasteiger partial charge in [0.15, 0.2) is 0 Å². The number of carbonyl (C=O) groups is 1. The molecule has 4 rings (SSSR count). The summed E-state index contributed by atoms with van der Waals surface area (Å²) in [5, 5.41) is 10.2. The van der Waals surface area contributed by atoms with Crippen molar-refractivity contribution in [2.75, 3.05) is 13.2 Å². The number of benzene rings is 2. The molecule has 26 heavy (non-hydrogen) atoms. The molecule has 0 aliphatic carbocycles.